The highest BCUT2D eigenvalue weighted by Gasteiger charge is 2.39. The number of para-hydroxylation sites is 2. The number of nitrogens with two attached hydrogens (primary N) is 1. The molecule has 8 nitrogen and oxygen atoms in total. The fourth-order valence-electron chi connectivity index (χ4n) is 4.93. The van der Waals surface area contributed by atoms with Crippen LogP contribution < -0.4 is 21.1 Å². The third-order valence-corrected chi connectivity index (χ3v) is 6.70. The lowest BCUT2D eigenvalue weighted by atomic mass is 9.88. The highest BCUT2D eigenvalue weighted by molar-refractivity contribution is 6.03. The van der Waals surface area contributed by atoms with E-state index >= 15 is 0 Å². The molecule has 0 aromatic heterocycles. The van der Waals surface area contributed by atoms with Crippen molar-refractivity contribution in [3.63, 3.8) is 0 Å². The number of anilines is 3. The third-order valence-electron chi connectivity index (χ3n) is 6.70. The molecule has 1 heterocycles. The minimum Gasteiger partial charge on any atom is -0.435 e. The fraction of sp³-hybridized carbons (Fsp3) is 0.290. The summed E-state index contributed by atoms with van der Waals surface area (Å²) in [5, 5.41) is 16.0. The zero-order chi connectivity index (χ0) is 29.6. The SMILES string of the molecule is CC(C)(O)CN1CC(C(=O)Nc2ccc(OC(F)F)cc2)C(c2ccc(/C=C/C(=O)Nc3ccccc3N)cc2)C1. The second kappa shape index (κ2) is 12.9. The Labute approximate surface area is 237 Å². The average Bonchev–Trinajstić information content (AvgIpc) is 3.32. The number of carbonyl (C=O) groups is 2. The number of nitrogen functional groups attached to an aromatic ring is 1. The Hall–Kier alpha value is -4.28. The summed E-state index contributed by atoms with van der Waals surface area (Å²) in [5.74, 6) is -1.09. The normalized spacial score (nSPS) is 17.6. The van der Waals surface area contributed by atoms with Crippen LogP contribution in [0.3, 0.4) is 0 Å². The number of hydrogen-bond donors (Lipinski definition) is 4. The first kappa shape index (κ1) is 29.7. The number of rotatable bonds is 10. The number of likely N-dealkylation sites (tertiary alicyclic amines) is 1. The first-order valence-electron chi connectivity index (χ1n) is 13.2. The van der Waals surface area contributed by atoms with Crippen molar-refractivity contribution in [1.82, 2.24) is 4.90 Å². The Bertz CT molecular complexity index is 1370. The molecule has 3 aromatic carbocycles. The maximum atomic E-state index is 13.4. The summed E-state index contributed by atoms with van der Waals surface area (Å²) in [6.45, 7) is 1.93. The summed E-state index contributed by atoms with van der Waals surface area (Å²) in [4.78, 5) is 27.8. The van der Waals surface area contributed by atoms with Gasteiger partial charge >= 0.3 is 6.61 Å². The largest absolute Gasteiger partial charge is 0.435 e. The maximum Gasteiger partial charge on any atom is 0.387 e. The summed E-state index contributed by atoms with van der Waals surface area (Å²) in [7, 11) is 0. The number of hydrogen-bond acceptors (Lipinski definition) is 6. The molecule has 0 bridgehead atoms. The number of halogens is 2. The van der Waals surface area contributed by atoms with Crippen molar-refractivity contribution in [2.75, 3.05) is 36.0 Å². The lowest BCUT2D eigenvalue weighted by Crippen LogP contribution is -2.38. The van der Waals surface area contributed by atoms with E-state index < -0.39 is 18.1 Å². The van der Waals surface area contributed by atoms with Gasteiger partial charge in [-0.05, 0) is 67.4 Å². The van der Waals surface area contributed by atoms with E-state index in [-0.39, 0.29) is 23.5 Å². The van der Waals surface area contributed by atoms with Crippen LogP contribution in [-0.4, -0.2) is 53.7 Å². The number of alkyl halides is 2. The molecule has 0 aliphatic carbocycles. The van der Waals surface area contributed by atoms with Crippen LogP contribution in [0.25, 0.3) is 6.08 Å². The molecule has 1 fully saturated rings. The Kier molecular flexibility index (Phi) is 9.36. The summed E-state index contributed by atoms with van der Waals surface area (Å²) in [6.07, 6.45) is 3.12. The number of amides is 2. The molecule has 2 unspecified atom stereocenters. The minimum absolute atomic E-state index is 0.00362. The molecule has 2 atom stereocenters. The van der Waals surface area contributed by atoms with E-state index in [1.165, 1.54) is 30.3 Å². The van der Waals surface area contributed by atoms with Crippen LogP contribution in [0.2, 0.25) is 0 Å². The van der Waals surface area contributed by atoms with Crippen molar-refractivity contribution in [2.24, 2.45) is 5.92 Å². The van der Waals surface area contributed by atoms with E-state index in [2.05, 4.69) is 20.3 Å². The van der Waals surface area contributed by atoms with Gasteiger partial charge in [-0.1, -0.05) is 36.4 Å². The van der Waals surface area contributed by atoms with E-state index in [0.717, 1.165) is 11.1 Å². The first-order valence-corrected chi connectivity index (χ1v) is 13.2. The minimum atomic E-state index is -2.93. The average molecular weight is 565 g/mol. The molecular weight excluding hydrogens is 530 g/mol. The quantitative estimate of drug-likeness (QED) is 0.205. The molecule has 41 heavy (non-hydrogen) atoms. The molecule has 0 saturated carbocycles. The van der Waals surface area contributed by atoms with Gasteiger partial charge in [-0.25, -0.2) is 0 Å². The van der Waals surface area contributed by atoms with Crippen LogP contribution >= 0.6 is 0 Å². The second-order valence-corrected chi connectivity index (χ2v) is 10.7. The van der Waals surface area contributed by atoms with Gasteiger partial charge in [0, 0.05) is 37.3 Å². The Balaban J connectivity index is 1.45. The predicted molar refractivity (Wildman–Crippen MR) is 156 cm³/mol. The van der Waals surface area contributed by atoms with Crippen LogP contribution in [0, 0.1) is 5.92 Å². The molecule has 0 radical (unpaired) electrons. The summed E-state index contributed by atoms with van der Waals surface area (Å²) in [5.41, 5.74) is 8.18. The van der Waals surface area contributed by atoms with Crippen LogP contribution in [-0.2, 0) is 9.59 Å². The van der Waals surface area contributed by atoms with Gasteiger partial charge in [-0.2, -0.15) is 8.78 Å². The van der Waals surface area contributed by atoms with E-state index in [9.17, 15) is 23.5 Å². The van der Waals surface area contributed by atoms with Crippen molar-refractivity contribution in [3.8, 4) is 5.75 Å². The molecular formula is C31H34F2N4O4. The zero-order valence-corrected chi connectivity index (χ0v) is 22.9. The monoisotopic (exact) mass is 564 g/mol. The second-order valence-electron chi connectivity index (χ2n) is 10.7. The highest BCUT2D eigenvalue weighted by atomic mass is 19.3. The fourth-order valence-corrected chi connectivity index (χ4v) is 4.93. The van der Waals surface area contributed by atoms with Crippen molar-refractivity contribution in [3.05, 3.63) is 90.0 Å². The van der Waals surface area contributed by atoms with Gasteiger partial charge in [0.05, 0.1) is 22.9 Å². The standard InChI is InChI=1S/C31H34F2N4O4/c1-31(2,40)19-37-17-24(25(18-37)29(39)35-22-12-14-23(15-13-22)41-30(32)33)21-10-7-20(8-11-21)9-16-28(38)36-27-6-4-3-5-26(27)34/h3-16,24-25,30,40H,17-19,34H2,1-2H3,(H,35,39)(H,36,38)/b16-9+. The number of benzene rings is 3. The third kappa shape index (κ3) is 8.60. The van der Waals surface area contributed by atoms with Gasteiger partial charge < -0.3 is 26.2 Å². The molecule has 10 heteroatoms. The first-order chi connectivity index (χ1) is 19.5. The predicted octanol–water partition coefficient (Wildman–Crippen LogP) is 4.95. The number of carbonyl (C=O) groups excluding carboxylic acids is 2. The summed E-state index contributed by atoms with van der Waals surface area (Å²) >= 11 is 0. The molecule has 2 amide bonds. The number of ether oxygens (including phenoxy) is 1. The number of β-amino-alcohol motifs (C(OH)–C–C–N with tert-alkyl or cyclic N) is 1. The van der Waals surface area contributed by atoms with Gasteiger partial charge in [0.15, 0.2) is 0 Å². The van der Waals surface area contributed by atoms with E-state index in [1.807, 2.05) is 24.3 Å². The van der Waals surface area contributed by atoms with Gasteiger partial charge in [-0.15, -0.1) is 0 Å². The van der Waals surface area contributed by atoms with Crippen molar-refractivity contribution < 1.29 is 28.2 Å². The van der Waals surface area contributed by atoms with Crippen LogP contribution in [0.5, 0.6) is 5.75 Å². The smallest absolute Gasteiger partial charge is 0.387 e. The van der Waals surface area contributed by atoms with Crippen molar-refractivity contribution in [2.45, 2.75) is 32.0 Å². The lowest BCUT2D eigenvalue weighted by molar-refractivity contribution is -0.120. The number of nitrogens with one attached hydrogen (secondary N) is 2. The molecule has 216 valence electrons. The lowest BCUT2D eigenvalue weighted by Gasteiger charge is -2.25. The Morgan fingerprint density at radius 2 is 1.73 bits per heavy atom. The summed E-state index contributed by atoms with van der Waals surface area (Å²) < 4.78 is 29.3. The van der Waals surface area contributed by atoms with E-state index in [4.69, 9.17) is 5.73 Å². The molecule has 3 aromatic rings. The van der Waals surface area contributed by atoms with Gasteiger partial charge in [0.1, 0.15) is 5.75 Å². The number of nitrogens with zero attached hydrogens (tertiary/aromatic N) is 1. The highest BCUT2D eigenvalue weighted by Crippen LogP contribution is 2.35. The van der Waals surface area contributed by atoms with Crippen LogP contribution in [0.15, 0.2) is 78.9 Å². The molecule has 1 aliphatic heterocycles. The Morgan fingerprint density at radius 1 is 1.05 bits per heavy atom. The Morgan fingerprint density at radius 3 is 2.37 bits per heavy atom. The molecule has 0 spiro atoms. The summed E-state index contributed by atoms with van der Waals surface area (Å²) in [6, 6.07) is 20.4. The van der Waals surface area contributed by atoms with Gasteiger partial charge in [0.2, 0.25) is 11.8 Å². The zero-order valence-electron chi connectivity index (χ0n) is 22.9. The molecule has 1 aliphatic rings. The van der Waals surface area contributed by atoms with E-state index in [0.29, 0.717) is 36.7 Å². The maximum absolute atomic E-state index is 13.4. The van der Waals surface area contributed by atoms with Crippen LogP contribution in [0.1, 0.15) is 30.9 Å². The van der Waals surface area contributed by atoms with Crippen molar-refractivity contribution >= 4 is 35.0 Å². The van der Waals surface area contributed by atoms with E-state index in [1.54, 1.807) is 44.2 Å². The van der Waals surface area contributed by atoms with Crippen molar-refractivity contribution in [1.29, 1.82) is 0 Å². The van der Waals surface area contributed by atoms with Gasteiger partial charge in [0.25, 0.3) is 0 Å². The molecule has 5 N–H and O–H groups in total. The topological polar surface area (TPSA) is 117 Å². The number of aliphatic hydroxyl groups is 1. The van der Waals surface area contributed by atoms with Crippen LogP contribution in [0.4, 0.5) is 25.8 Å². The molecule has 1 saturated heterocycles. The van der Waals surface area contributed by atoms with Gasteiger partial charge in [-0.3, -0.25) is 14.5 Å². The molecule has 4 rings (SSSR count).